The van der Waals surface area contributed by atoms with Crippen LogP contribution < -0.4 is 14.8 Å². The maximum absolute atomic E-state index is 12.6. The number of carbonyl (C=O) groups excluding carboxylic acids is 1. The Morgan fingerprint density at radius 3 is 2.56 bits per heavy atom. The number of carbonyl (C=O) groups is 1. The van der Waals surface area contributed by atoms with Crippen LogP contribution in [-0.2, 0) is 23.2 Å². The number of amides is 1. The number of hydrogen-bond donors (Lipinski definition) is 2. The SMILES string of the molecule is Cc1noc(C)c1COc1cccc(C(=O)NCc2ccc(S(=O)(=O)NC3CC3)cc2)c1. The molecule has 0 aliphatic heterocycles. The minimum Gasteiger partial charge on any atom is -0.489 e. The zero-order valence-corrected chi connectivity index (χ0v) is 18.7. The number of ether oxygens (including phenoxy) is 1. The highest BCUT2D eigenvalue weighted by Crippen LogP contribution is 2.22. The molecule has 0 spiro atoms. The Balaban J connectivity index is 1.33. The first-order valence-electron chi connectivity index (χ1n) is 10.4. The molecule has 0 unspecified atom stereocenters. The van der Waals surface area contributed by atoms with Gasteiger partial charge in [0.1, 0.15) is 18.1 Å². The second-order valence-electron chi connectivity index (χ2n) is 7.84. The van der Waals surface area contributed by atoms with Crippen molar-refractivity contribution in [3.63, 3.8) is 0 Å². The van der Waals surface area contributed by atoms with E-state index in [0.717, 1.165) is 29.7 Å². The third-order valence-corrected chi connectivity index (χ3v) is 6.78. The standard InChI is InChI=1S/C23H25N3O5S/c1-15-22(16(2)31-25-15)14-30-20-5-3-4-18(12-20)23(27)24-13-17-6-10-21(11-7-17)32(28,29)26-19-8-9-19/h3-7,10-12,19,26H,8-9,13-14H2,1-2H3,(H,24,27). The topological polar surface area (TPSA) is 111 Å². The third kappa shape index (κ3) is 5.35. The van der Waals surface area contributed by atoms with Crippen molar-refractivity contribution in [3.05, 3.63) is 76.7 Å². The van der Waals surface area contributed by atoms with Crippen LogP contribution in [-0.4, -0.2) is 25.5 Å². The van der Waals surface area contributed by atoms with Crippen molar-refractivity contribution in [3.8, 4) is 5.75 Å². The molecule has 1 aromatic heterocycles. The average Bonchev–Trinajstić information content (AvgIpc) is 3.53. The molecule has 0 radical (unpaired) electrons. The van der Waals surface area contributed by atoms with E-state index in [1.807, 2.05) is 13.8 Å². The zero-order valence-electron chi connectivity index (χ0n) is 17.9. The van der Waals surface area contributed by atoms with Gasteiger partial charge < -0.3 is 14.6 Å². The van der Waals surface area contributed by atoms with Gasteiger partial charge in [0.05, 0.1) is 16.2 Å². The molecule has 1 aliphatic carbocycles. The molecule has 168 valence electrons. The molecule has 4 rings (SSSR count). The van der Waals surface area contributed by atoms with E-state index in [-0.39, 0.29) is 23.4 Å². The second-order valence-corrected chi connectivity index (χ2v) is 9.56. The Hall–Kier alpha value is -3.17. The number of benzene rings is 2. The highest BCUT2D eigenvalue weighted by Gasteiger charge is 2.27. The van der Waals surface area contributed by atoms with Gasteiger partial charge in [0.25, 0.3) is 5.91 Å². The summed E-state index contributed by atoms with van der Waals surface area (Å²) in [6, 6.07) is 13.5. The lowest BCUT2D eigenvalue weighted by atomic mass is 10.2. The van der Waals surface area contributed by atoms with E-state index in [2.05, 4.69) is 15.2 Å². The van der Waals surface area contributed by atoms with Crippen LogP contribution in [0, 0.1) is 13.8 Å². The Labute approximate surface area is 187 Å². The van der Waals surface area contributed by atoms with E-state index in [0.29, 0.717) is 23.7 Å². The Morgan fingerprint density at radius 2 is 1.91 bits per heavy atom. The molecule has 1 amide bonds. The van der Waals surface area contributed by atoms with Gasteiger partial charge >= 0.3 is 0 Å². The molecule has 2 aromatic carbocycles. The fourth-order valence-electron chi connectivity index (χ4n) is 3.15. The van der Waals surface area contributed by atoms with Crippen LogP contribution in [0.4, 0.5) is 0 Å². The zero-order chi connectivity index (χ0) is 22.7. The molecule has 0 bridgehead atoms. The molecule has 1 heterocycles. The fraction of sp³-hybridized carbons (Fsp3) is 0.304. The largest absolute Gasteiger partial charge is 0.489 e. The van der Waals surface area contributed by atoms with Crippen LogP contribution in [0.2, 0.25) is 0 Å². The number of nitrogens with one attached hydrogen (secondary N) is 2. The van der Waals surface area contributed by atoms with E-state index in [4.69, 9.17) is 9.26 Å². The molecule has 2 N–H and O–H groups in total. The van der Waals surface area contributed by atoms with Crippen molar-refractivity contribution in [2.75, 3.05) is 0 Å². The van der Waals surface area contributed by atoms with Gasteiger partial charge in [0, 0.05) is 18.2 Å². The summed E-state index contributed by atoms with van der Waals surface area (Å²) in [5.74, 6) is 1.02. The number of nitrogens with zero attached hydrogens (tertiary/aromatic N) is 1. The second kappa shape index (κ2) is 9.13. The summed E-state index contributed by atoms with van der Waals surface area (Å²) in [7, 11) is -3.48. The summed E-state index contributed by atoms with van der Waals surface area (Å²) in [6.45, 7) is 4.26. The smallest absolute Gasteiger partial charge is 0.251 e. The van der Waals surface area contributed by atoms with Gasteiger partial charge in [-0.05, 0) is 62.6 Å². The third-order valence-electron chi connectivity index (χ3n) is 5.25. The van der Waals surface area contributed by atoms with Crippen LogP contribution in [0.25, 0.3) is 0 Å². The summed E-state index contributed by atoms with van der Waals surface area (Å²) in [4.78, 5) is 12.8. The molecule has 8 nitrogen and oxygen atoms in total. The Morgan fingerprint density at radius 1 is 1.16 bits per heavy atom. The van der Waals surface area contributed by atoms with E-state index in [1.165, 1.54) is 0 Å². The highest BCUT2D eigenvalue weighted by atomic mass is 32.2. The Kier molecular flexibility index (Phi) is 6.29. The van der Waals surface area contributed by atoms with Gasteiger partial charge in [0.15, 0.2) is 0 Å². The summed E-state index contributed by atoms with van der Waals surface area (Å²) < 4.78 is 38.1. The molecular weight excluding hydrogens is 430 g/mol. The minimum absolute atomic E-state index is 0.0584. The number of rotatable bonds is 9. The van der Waals surface area contributed by atoms with Crippen molar-refractivity contribution in [2.24, 2.45) is 0 Å². The first-order chi connectivity index (χ1) is 15.3. The first-order valence-corrected chi connectivity index (χ1v) is 11.8. The normalized spacial score (nSPS) is 13.7. The molecule has 0 saturated heterocycles. The van der Waals surface area contributed by atoms with Gasteiger partial charge in [-0.2, -0.15) is 0 Å². The van der Waals surface area contributed by atoms with Crippen molar-refractivity contribution in [2.45, 2.75) is 50.8 Å². The van der Waals surface area contributed by atoms with Crippen molar-refractivity contribution < 1.29 is 22.5 Å². The van der Waals surface area contributed by atoms with Crippen molar-refractivity contribution >= 4 is 15.9 Å². The van der Waals surface area contributed by atoms with Gasteiger partial charge in [-0.1, -0.05) is 23.4 Å². The molecule has 1 fully saturated rings. The van der Waals surface area contributed by atoms with Crippen LogP contribution in [0.1, 0.15) is 45.8 Å². The average molecular weight is 456 g/mol. The van der Waals surface area contributed by atoms with Gasteiger partial charge in [-0.25, -0.2) is 13.1 Å². The van der Waals surface area contributed by atoms with Crippen LogP contribution in [0.15, 0.2) is 57.9 Å². The van der Waals surface area contributed by atoms with E-state index in [1.54, 1.807) is 48.5 Å². The summed E-state index contributed by atoms with van der Waals surface area (Å²) in [5, 5.41) is 6.75. The van der Waals surface area contributed by atoms with E-state index in [9.17, 15) is 13.2 Å². The fourth-order valence-corrected chi connectivity index (χ4v) is 4.46. The van der Waals surface area contributed by atoms with Crippen LogP contribution in [0.3, 0.4) is 0 Å². The number of hydrogen-bond acceptors (Lipinski definition) is 6. The molecular formula is C23H25N3O5S. The lowest BCUT2D eigenvalue weighted by molar-refractivity contribution is 0.0950. The predicted octanol–water partition coefficient (Wildman–Crippen LogP) is 3.24. The molecule has 32 heavy (non-hydrogen) atoms. The van der Waals surface area contributed by atoms with Crippen molar-refractivity contribution in [1.29, 1.82) is 0 Å². The molecule has 3 aromatic rings. The Bertz CT molecular complexity index is 1200. The summed E-state index contributed by atoms with van der Waals surface area (Å²) in [5.41, 5.74) is 2.93. The monoisotopic (exact) mass is 455 g/mol. The summed E-state index contributed by atoms with van der Waals surface area (Å²) in [6.07, 6.45) is 1.77. The van der Waals surface area contributed by atoms with Crippen LogP contribution >= 0.6 is 0 Å². The quantitative estimate of drug-likeness (QED) is 0.513. The lowest BCUT2D eigenvalue weighted by Gasteiger charge is -2.10. The highest BCUT2D eigenvalue weighted by molar-refractivity contribution is 7.89. The van der Waals surface area contributed by atoms with Gasteiger partial charge in [0.2, 0.25) is 10.0 Å². The van der Waals surface area contributed by atoms with Gasteiger partial charge in [-0.3, -0.25) is 4.79 Å². The summed E-state index contributed by atoms with van der Waals surface area (Å²) >= 11 is 0. The number of sulfonamides is 1. The first kappa shape index (κ1) is 22.0. The number of aryl methyl sites for hydroxylation is 2. The molecule has 9 heteroatoms. The predicted molar refractivity (Wildman–Crippen MR) is 118 cm³/mol. The van der Waals surface area contributed by atoms with Gasteiger partial charge in [-0.15, -0.1) is 0 Å². The molecule has 0 atom stereocenters. The minimum atomic E-state index is -3.48. The maximum Gasteiger partial charge on any atom is 0.251 e. The number of aromatic nitrogens is 1. The maximum atomic E-state index is 12.6. The van der Waals surface area contributed by atoms with Crippen LogP contribution in [0.5, 0.6) is 5.75 Å². The molecule has 1 aliphatic rings. The lowest BCUT2D eigenvalue weighted by Crippen LogP contribution is -2.26. The molecule has 1 saturated carbocycles. The van der Waals surface area contributed by atoms with E-state index >= 15 is 0 Å². The van der Waals surface area contributed by atoms with Crippen molar-refractivity contribution in [1.82, 2.24) is 15.2 Å². The van der Waals surface area contributed by atoms with E-state index < -0.39 is 10.0 Å².